The lowest BCUT2D eigenvalue weighted by Gasteiger charge is -2.27. The first kappa shape index (κ1) is 9.67. The molecule has 7 nitrogen and oxygen atoms in total. The number of rotatable bonds is 1. The normalized spacial score (nSPS) is 16.9. The molecule has 3 rings (SSSR count). The molecule has 0 bridgehead atoms. The maximum Gasteiger partial charge on any atom is 0.348 e. The first-order chi connectivity index (χ1) is 7.84. The fraction of sp³-hybridized carbons (Fsp3) is 0.500. The summed E-state index contributed by atoms with van der Waals surface area (Å²) in [6.07, 6.45) is 0. The van der Waals surface area contributed by atoms with E-state index in [1.165, 1.54) is 0 Å². The number of fused-ring (bicyclic) bond motifs is 1. The molecule has 2 aromatic rings. The number of anilines is 1. The van der Waals surface area contributed by atoms with Gasteiger partial charge in [-0.3, -0.25) is 4.98 Å². The highest BCUT2D eigenvalue weighted by Gasteiger charge is 2.18. The summed E-state index contributed by atoms with van der Waals surface area (Å²) in [6, 6.07) is 0. The summed E-state index contributed by atoms with van der Waals surface area (Å²) in [5, 5.41) is 0. The molecule has 0 saturated carbocycles. The van der Waals surface area contributed by atoms with Crippen LogP contribution in [-0.2, 0) is 4.74 Å². The Kier molecular flexibility index (Phi) is 2.29. The average molecular weight is 239 g/mol. The van der Waals surface area contributed by atoms with Gasteiger partial charge in [0.25, 0.3) is 0 Å². The minimum absolute atomic E-state index is 0.387. The summed E-state index contributed by atoms with van der Waals surface area (Å²) in [5.41, 5.74) is 0.777. The quantitative estimate of drug-likeness (QED) is 0.729. The molecule has 0 aromatic carbocycles. The second kappa shape index (κ2) is 3.80. The molecule has 0 aliphatic carbocycles. The summed E-state index contributed by atoms with van der Waals surface area (Å²) in [6.45, 7) is 2.74. The first-order valence-corrected chi connectivity index (χ1v) is 5.63. The van der Waals surface area contributed by atoms with Crippen molar-refractivity contribution in [1.29, 1.82) is 0 Å². The lowest BCUT2D eigenvalue weighted by atomic mass is 10.4. The molecule has 0 amide bonds. The predicted octanol–water partition coefficient (Wildman–Crippen LogP) is -0.389. The van der Waals surface area contributed by atoms with Crippen LogP contribution >= 0.6 is 11.7 Å². The number of H-pyrrole nitrogens is 1. The Bertz CT molecular complexity index is 559. The Labute approximate surface area is 94.4 Å². The first-order valence-electron chi connectivity index (χ1n) is 4.90. The molecule has 1 aliphatic heterocycles. The van der Waals surface area contributed by atoms with Crippen molar-refractivity contribution in [3.05, 3.63) is 10.5 Å². The molecule has 1 fully saturated rings. The lowest BCUT2D eigenvalue weighted by molar-refractivity contribution is 0.122. The van der Waals surface area contributed by atoms with Crippen LogP contribution in [-0.4, -0.2) is 45.0 Å². The molecule has 1 N–H and O–H groups in total. The molecular formula is C8H9N5O2S. The Morgan fingerprint density at radius 3 is 2.94 bits per heavy atom. The van der Waals surface area contributed by atoms with Crippen LogP contribution in [0.15, 0.2) is 4.79 Å². The van der Waals surface area contributed by atoms with E-state index in [1.807, 2.05) is 4.90 Å². The van der Waals surface area contributed by atoms with E-state index in [-0.39, 0.29) is 5.69 Å². The third kappa shape index (κ3) is 1.55. The number of hydrogen-bond acceptors (Lipinski definition) is 7. The van der Waals surface area contributed by atoms with Crippen molar-refractivity contribution in [2.75, 3.05) is 31.2 Å². The Morgan fingerprint density at radius 1 is 1.31 bits per heavy atom. The van der Waals surface area contributed by atoms with Gasteiger partial charge in [0.2, 0.25) is 0 Å². The Hall–Kier alpha value is -1.54. The molecule has 1 saturated heterocycles. The summed E-state index contributed by atoms with van der Waals surface area (Å²) in [5.74, 6) is 0.607. The van der Waals surface area contributed by atoms with Crippen molar-refractivity contribution in [2.24, 2.45) is 0 Å². The zero-order chi connectivity index (χ0) is 11.0. The van der Waals surface area contributed by atoms with E-state index in [4.69, 9.17) is 4.74 Å². The molecule has 16 heavy (non-hydrogen) atoms. The van der Waals surface area contributed by atoms with Crippen molar-refractivity contribution in [1.82, 2.24) is 18.7 Å². The van der Waals surface area contributed by atoms with Crippen LogP contribution in [0.5, 0.6) is 0 Å². The highest BCUT2D eigenvalue weighted by atomic mass is 32.1. The van der Waals surface area contributed by atoms with Gasteiger partial charge in [0, 0.05) is 13.1 Å². The highest BCUT2D eigenvalue weighted by molar-refractivity contribution is 7.00. The van der Waals surface area contributed by atoms with Crippen LogP contribution < -0.4 is 10.6 Å². The van der Waals surface area contributed by atoms with Gasteiger partial charge in [0.1, 0.15) is 0 Å². The van der Waals surface area contributed by atoms with Gasteiger partial charge in [-0.1, -0.05) is 0 Å². The monoisotopic (exact) mass is 239 g/mol. The topological polar surface area (TPSA) is 84.0 Å². The van der Waals surface area contributed by atoms with Crippen molar-refractivity contribution < 1.29 is 4.74 Å². The van der Waals surface area contributed by atoms with Crippen LogP contribution in [0.1, 0.15) is 0 Å². The molecule has 84 valence electrons. The standard InChI is InChI=1S/C8H9N5O2S/c14-8-9-6-5(11-16-12-6)7(10-8)13-1-3-15-4-2-13/h1-4H2,(H,9,12,14). The number of aromatic amines is 1. The largest absolute Gasteiger partial charge is 0.378 e. The average Bonchev–Trinajstić information content (AvgIpc) is 2.77. The Balaban J connectivity index is 2.13. The fourth-order valence-corrected chi connectivity index (χ4v) is 2.20. The number of aromatic nitrogens is 4. The van der Waals surface area contributed by atoms with E-state index in [9.17, 15) is 4.79 Å². The van der Waals surface area contributed by atoms with Gasteiger partial charge in [-0.05, 0) is 0 Å². The molecule has 2 aromatic heterocycles. The lowest BCUT2D eigenvalue weighted by Crippen LogP contribution is -2.38. The SMILES string of the molecule is O=c1nc(N2CCOCC2)c2nsnc2[nH]1. The second-order valence-corrected chi connectivity index (χ2v) is 3.95. The summed E-state index contributed by atoms with van der Waals surface area (Å²) >= 11 is 1.07. The summed E-state index contributed by atoms with van der Waals surface area (Å²) < 4.78 is 13.4. The number of nitrogens with zero attached hydrogens (tertiary/aromatic N) is 4. The predicted molar refractivity (Wildman–Crippen MR) is 58.9 cm³/mol. The zero-order valence-corrected chi connectivity index (χ0v) is 9.16. The van der Waals surface area contributed by atoms with Crippen molar-refractivity contribution in [3.8, 4) is 0 Å². The summed E-state index contributed by atoms with van der Waals surface area (Å²) in [4.78, 5) is 19.9. The van der Waals surface area contributed by atoms with E-state index in [0.29, 0.717) is 30.2 Å². The minimum atomic E-state index is -0.387. The number of morpholine rings is 1. The maximum absolute atomic E-state index is 11.4. The molecule has 0 spiro atoms. The van der Waals surface area contributed by atoms with Crippen LogP contribution in [0.2, 0.25) is 0 Å². The Morgan fingerprint density at radius 2 is 2.12 bits per heavy atom. The maximum atomic E-state index is 11.4. The van der Waals surface area contributed by atoms with Gasteiger partial charge >= 0.3 is 5.69 Å². The van der Waals surface area contributed by atoms with E-state index in [0.717, 1.165) is 24.8 Å². The van der Waals surface area contributed by atoms with E-state index in [1.54, 1.807) is 0 Å². The van der Waals surface area contributed by atoms with Crippen LogP contribution in [0.3, 0.4) is 0 Å². The third-order valence-electron chi connectivity index (χ3n) is 2.44. The number of hydrogen-bond donors (Lipinski definition) is 1. The zero-order valence-electron chi connectivity index (χ0n) is 8.34. The van der Waals surface area contributed by atoms with Gasteiger partial charge in [-0.2, -0.15) is 13.7 Å². The molecule has 0 atom stereocenters. The van der Waals surface area contributed by atoms with Gasteiger partial charge in [0.05, 0.1) is 24.9 Å². The highest BCUT2D eigenvalue weighted by Crippen LogP contribution is 2.20. The van der Waals surface area contributed by atoms with Gasteiger partial charge < -0.3 is 9.64 Å². The van der Waals surface area contributed by atoms with Crippen molar-refractivity contribution in [3.63, 3.8) is 0 Å². The van der Waals surface area contributed by atoms with Crippen LogP contribution in [0, 0.1) is 0 Å². The van der Waals surface area contributed by atoms with Gasteiger partial charge in [0.15, 0.2) is 17.0 Å². The molecule has 8 heteroatoms. The van der Waals surface area contributed by atoms with Crippen molar-refractivity contribution >= 4 is 28.7 Å². The van der Waals surface area contributed by atoms with Crippen LogP contribution in [0.4, 0.5) is 5.82 Å². The van der Waals surface area contributed by atoms with Gasteiger partial charge in [-0.15, -0.1) is 0 Å². The molecule has 0 unspecified atom stereocenters. The van der Waals surface area contributed by atoms with Crippen LogP contribution in [0.25, 0.3) is 11.2 Å². The van der Waals surface area contributed by atoms with E-state index in [2.05, 4.69) is 18.7 Å². The van der Waals surface area contributed by atoms with Gasteiger partial charge in [-0.25, -0.2) is 4.79 Å². The molecular weight excluding hydrogens is 230 g/mol. The smallest absolute Gasteiger partial charge is 0.348 e. The molecule has 0 radical (unpaired) electrons. The minimum Gasteiger partial charge on any atom is -0.378 e. The molecule has 3 heterocycles. The number of nitrogens with one attached hydrogen (secondary N) is 1. The molecule has 1 aliphatic rings. The van der Waals surface area contributed by atoms with Crippen molar-refractivity contribution in [2.45, 2.75) is 0 Å². The summed E-state index contributed by atoms with van der Waals surface area (Å²) in [7, 11) is 0. The third-order valence-corrected chi connectivity index (χ3v) is 2.97. The fourth-order valence-electron chi connectivity index (χ4n) is 1.69. The van der Waals surface area contributed by atoms with E-state index >= 15 is 0 Å². The van der Waals surface area contributed by atoms with E-state index < -0.39 is 0 Å². The number of ether oxygens (including phenoxy) is 1. The second-order valence-electron chi connectivity index (χ2n) is 3.43.